The van der Waals surface area contributed by atoms with Crippen LogP contribution in [0.15, 0.2) is 66.7 Å². The number of aromatic nitrogens is 3. The van der Waals surface area contributed by atoms with Crippen LogP contribution in [0.1, 0.15) is 37.7 Å². The molecule has 33 heavy (non-hydrogen) atoms. The Bertz CT molecular complexity index is 1330. The molecule has 0 N–H and O–H groups in total. The van der Waals surface area contributed by atoms with Crippen molar-refractivity contribution in [3.63, 3.8) is 0 Å². The summed E-state index contributed by atoms with van der Waals surface area (Å²) in [7, 11) is 0. The maximum Gasteiger partial charge on any atom is 0.378 e. The molecule has 4 aromatic rings. The minimum absolute atomic E-state index is 0.115. The molecule has 6 nitrogen and oxygen atoms in total. The van der Waals surface area contributed by atoms with Crippen molar-refractivity contribution < 1.29 is 14.3 Å². The molecular weight excluding hydrogens is 438 g/mol. The molecular formula is C26H22ClN3O3. The molecule has 3 aromatic carbocycles. The normalized spacial score (nSPS) is 10.8. The van der Waals surface area contributed by atoms with E-state index in [4.69, 9.17) is 16.3 Å². The first-order valence-corrected chi connectivity index (χ1v) is 10.8. The van der Waals surface area contributed by atoms with Crippen molar-refractivity contribution in [3.8, 4) is 17.1 Å². The maximum atomic E-state index is 12.7. The summed E-state index contributed by atoms with van der Waals surface area (Å²) in [5.41, 5.74) is 5.17. The number of carbonyl (C=O) groups excluding carboxylic acids is 2. The molecule has 7 heteroatoms. The zero-order valence-electron chi connectivity index (χ0n) is 18.5. The number of nitrogens with zero attached hydrogens (tertiary/aromatic N) is 3. The monoisotopic (exact) mass is 459 g/mol. The maximum absolute atomic E-state index is 12.7. The molecule has 0 aliphatic heterocycles. The van der Waals surface area contributed by atoms with Gasteiger partial charge in [-0.3, -0.25) is 4.79 Å². The average Bonchev–Trinajstić information content (AvgIpc) is 3.25. The highest BCUT2D eigenvalue weighted by molar-refractivity contribution is 6.30. The Kier molecular flexibility index (Phi) is 6.38. The van der Waals surface area contributed by atoms with Crippen molar-refractivity contribution in [2.24, 2.45) is 0 Å². The van der Waals surface area contributed by atoms with Crippen LogP contribution in [-0.2, 0) is 4.74 Å². The summed E-state index contributed by atoms with van der Waals surface area (Å²) < 4.78 is 6.87. The lowest BCUT2D eigenvalue weighted by Crippen LogP contribution is -2.15. The highest BCUT2D eigenvalue weighted by Gasteiger charge is 2.22. The highest BCUT2D eigenvalue weighted by atomic mass is 35.5. The number of hydrogen-bond acceptors (Lipinski definition) is 5. The number of benzene rings is 3. The quantitative estimate of drug-likeness (QED) is 0.279. The van der Waals surface area contributed by atoms with Gasteiger partial charge < -0.3 is 4.74 Å². The van der Waals surface area contributed by atoms with Gasteiger partial charge in [0.15, 0.2) is 18.2 Å². The van der Waals surface area contributed by atoms with Crippen LogP contribution in [0, 0.1) is 20.8 Å². The van der Waals surface area contributed by atoms with E-state index in [-0.39, 0.29) is 11.6 Å². The van der Waals surface area contributed by atoms with Gasteiger partial charge in [0.25, 0.3) is 5.82 Å². The topological polar surface area (TPSA) is 74.1 Å². The van der Waals surface area contributed by atoms with E-state index < -0.39 is 12.6 Å². The fraction of sp³-hybridized carbons (Fsp3) is 0.154. The number of rotatable bonds is 6. The van der Waals surface area contributed by atoms with E-state index in [0.29, 0.717) is 16.4 Å². The third-order valence-corrected chi connectivity index (χ3v) is 5.44. The van der Waals surface area contributed by atoms with Gasteiger partial charge in [-0.1, -0.05) is 53.6 Å². The van der Waals surface area contributed by atoms with Gasteiger partial charge in [-0.05, 0) is 62.2 Å². The Labute approximate surface area is 196 Å². The number of ketones is 1. The van der Waals surface area contributed by atoms with Crippen LogP contribution in [0.5, 0.6) is 0 Å². The number of aryl methyl sites for hydroxylation is 3. The van der Waals surface area contributed by atoms with Gasteiger partial charge in [0.1, 0.15) is 0 Å². The number of carbonyl (C=O) groups is 2. The third kappa shape index (κ3) is 5.02. The molecule has 0 saturated carbocycles. The van der Waals surface area contributed by atoms with Crippen LogP contribution >= 0.6 is 11.6 Å². The number of ether oxygens (including phenoxy) is 1. The molecule has 0 amide bonds. The fourth-order valence-electron chi connectivity index (χ4n) is 3.32. The molecule has 4 rings (SSSR count). The molecule has 0 radical (unpaired) electrons. The molecule has 0 spiro atoms. The van der Waals surface area contributed by atoms with Gasteiger partial charge in [0, 0.05) is 16.1 Å². The molecule has 0 aliphatic carbocycles. The molecule has 0 bridgehead atoms. The number of halogens is 1. The first-order valence-electron chi connectivity index (χ1n) is 10.4. The molecule has 1 aromatic heterocycles. The van der Waals surface area contributed by atoms with Crippen LogP contribution in [-0.4, -0.2) is 33.1 Å². The Morgan fingerprint density at radius 2 is 1.58 bits per heavy atom. The lowest BCUT2D eigenvalue weighted by molar-refractivity contribution is 0.0462. The Balaban J connectivity index is 1.65. The smallest absolute Gasteiger partial charge is 0.378 e. The van der Waals surface area contributed by atoms with E-state index in [0.717, 1.165) is 27.9 Å². The van der Waals surface area contributed by atoms with E-state index in [1.165, 1.54) is 0 Å². The zero-order chi connectivity index (χ0) is 23.5. The summed E-state index contributed by atoms with van der Waals surface area (Å²) in [6, 6.07) is 20.2. The van der Waals surface area contributed by atoms with E-state index in [1.807, 2.05) is 63.2 Å². The molecule has 0 atom stereocenters. The largest absolute Gasteiger partial charge is 0.451 e. The van der Waals surface area contributed by atoms with Crippen LogP contribution in [0.2, 0.25) is 5.02 Å². The number of Topliss-reactive ketones (excluding diaryl/α,β-unsaturated/α-hetero) is 1. The van der Waals surface area contributed by atoms with Crippen molar-refractivity contribution >= 4 is 23.4 Å². The average molecular weight is 460 g/mol. The van der Waals surface area contributed by atoms with Crippen molar-refractivity contribution in [2.75, 3.05) is 6.61 Å². The van der Waals surface area contributed by atoms with Gasteiger partial charge in [0.05, 0.1) is 5.69 Å². The molecule has 0 unspecified atom stereocenters. The van der Waals surface area contributed by atoms with E-state index in [9.17, 15) is 9.59 Å². The second-order valence-corrected chi connectivity index (χ2v) is 8.27. The second kappa shape index (κ2) is 9.38. The third-order valence-electron chi connectivity index (χ3n) is 5.19. The Hall–Kier alpha value is -3.77. The summed E-state index contributed by atoms with van der Waals surface area (Å²) in [5.74, 6) is -0.711. The minimum Gasteiger partial charge on any atom is -0.451 e. The molecule has 1 heterocycles. The van der Waals surface area contributed by atoms with E-state index >= 15 is 0 Å². The zero-order valence-corrected chi connectivity index (χ0v) is 19.3. The Morgan fingerprint density at radius 3 is 2.27 bits per heavy atom. The summed E-state index contributed by atoms with van der Waals surface area (Å²) in [6.07, 6.45) is 0. The van der Waals surface area contributed by atoms with Crippen LogP contribution in [0.25, 0.3) is 17.1 Å². The molecule has 0 aliphatic rings. The van der Waals surface area contributed by atoms with E-state index in [2.05, 4.69) is 10.1 Å². The van der Waals surface area contributed by atoms with E-state index in [1.54, 1.807) is 28.9 Å². The van der Waals surface area contributed by atoms with Crippen LogP contribution in [0.3, 0.4) is 0 Å². The summed E-state index contributed by atoms with van der Waals surface area (Å²) in [6.45, 7) is 5.54. The first kappa shape index (κ1) is 22.4. The number of esters is 1. The van der Waals surface area contributed by atoms with Gasteiger partial charge in [0.2, 0.25) is 0 Å². The van der Waals surface area contributed by atoms with Crippen molar-refractivity contribution in [1.29, 1.82) is 0 Å². The summed E-state index contributed by atoms with van der Waals surface area (Å²) in [5, 5.41) is 4.97. The van der Waals surface area contributed by atoms with Crippen molar-refractivity contribution in [3.05, 3.63) is 99.8 Å². The van der Waals surface area contributed by atoms with Crippen LogP contribution < -0.4 is 0 Å². The minimum atomic E-state index is -0.769. The number of hydrogen-bond donors (Lipinski definition) is 0. The Morgan fingerprint density at radius 1 is 0.909 bits per heavy atom. The predicted molar refractivity (Wildman–Crippen MR) is 127 cm³/mol. The highest BCUT2D eigenvalue weighted by Crippen LogP contribution is 2.24. The van der Waals surface area contributed by atoms with Gasteiger partial charge in [-0.2, -0.15) is 0 Å². The molecule has 166 valence electrons. The summed E-state index contributed by atoms with van der Waals surface area (Å²) in [4.78, 5) is 29.6. The lowest BCUT2D eigenvalue weighted by Gasteiger charge is -2.10. The van der Waals surface area contributed by atoms with Gasteiger partial charge in [-0.15, -0.1) is 5.10 Å². The van der Waals surface area contributed by atoms with Crippen molar-refractivity contribution in [2.45, 2.75) is 20.8 Å². The SMILES string of the molecule is Cc1ccc(-c2nc(C(=O)OCC(=O)c3ccc(Cl)cc3)nn2-c2cc(C)ccc2C)cc1. The van der Waals surface area contributed by atoms with Gasteiger partial charge >= 0.3 is 5.97 Å². The fourth-order valence-corrected chi connectivity index (χ4v) is 3.44. The van der Waals surface area contributed by atoms with Crippen molar-refractivity contribution in [1.82, 2.24) is 14.8 Å². The summed E-state index contributed by atoms with van der Waals surface area (Å²) >= 11 is 5.86. The first-order chi connectivity index (χ1) is 15.8. The van der Waals surface area contributed by atoms with Gasteiger partial charge in [-0.25, -0.2) is 14.5 Å². The second-order valence-electron chi connectivity index (χ2n) is 7.83. The standard InChI is InChI=1S/C26H22ClN3O3/c1-16-5-8-20(9-6-16)25-28-24(29-30(25)22-14-17(2)4-7-18(22)3)26(32)33-15-23(31)19-10-12-21(27)13-11-19/h4-14H,15H2,1-3H3. The molecule has 0 saturated heterocycles. The van der Waals surface area contributed by atoms with Crippen LogP contribution in [0.4, 0.5) is 0 Å². The molecule has 0 fully saturated rings. The lowest BCUT2D eigenvalue weighted by atomic mass is 10.1. The predicted octanol–water partition coefficient (Wildman–Crippen LogP) is 5.55.